The molecule has 8 heteroatoms. The fourth-order valence-electron chi connectivity index (χ4n) is 2.86. The Morgan fingerprint density at radius 3 is 2.15 bits per heavy atom. The Morgan fingerprint density at radius 1 is 1.12 bits per heavy atom. The predicted octanol–water partition coefficient (Wildman–Crippen LogP) is 2.53. The van der Waals surface area contributed by atoms with Gasteiger partial charge in [-0.15, -0.1) is 0 Å². The van der Waals surface area contributed by atoms with Gasteiger partial charge in [0.05, 0.1) is 0 Å². The third kappa shape index (κ3) is 8.69. The Morgan fingerprint density at radius 2 is 1.69 bits per heavy atom. The van der Waals surface area contributed by atoms with Crippen molar-refractivity contribution in [1.82, 2.24) is 10.2 Å². The van der Waals surface area contributed by atoms with Crippen LogP contribution in [-0.2, 0) is 14.4 Å². The lowest BCUT2D eigenvalue weighted by molar-refractivity contribution is -0.129. The van der Waals surface area contributed by atoms with Gasteiger partial charge in [-0.1, -0.05) is 32.5 Å². The van der Waals surface area contributed by atoms with Crippen LogP contribution < -0.4 is 11.1 Å². The standard InChI is InChI=1S/C16H27N3O4S.C2H6/c1-3-14(21)19(16(23)24-9-8-13(17)20)10-11-4-6-12(7-5-11)15(22)18-2;1-2/h11-12H,3-10H2,1-2H3,(H2,17,20)(H,18,22);1-2H3. The van der Waals surface area contributed by atoms with E-state index in [4.69, 9.17) is 5.73 Å². The molecule has 0 bridgehead atoms. The van der Waals surface area contributed by atoms with Crippen molar-refractivity contribution in [3.05, 3.63) is 0 Å². The number of hydrogen-bond donors (Lipinski definition) is 2. The van der Waals surface area contributed by atoms with E-state index in [1.807, 2.05) is 13.8 Å². The first-order valence-electron chi connectivity index (χ1n) is 9.36. The lowest BCUT2D eigenvalue weighted by Crippen LogP contribution is -2.40. The van der Waals surface area contributed by atoms with E-state index >= 15 is 0 Å². The second-order valence-corrected chi connectivity index (χ2v) is 7.07. The summed E-state index contributed by atoms with van der Waals surface area (Å²) in [7, 11) is 1.64. The molecule has 1 aliphatic rings. The maximum Gasteiger partial charge on any atom is 0.288 e. The van der Waals surface area contributed by atoms with Gasteiger partial charge in [0.2, 0.25) is 17.7 Å². The number of primary amides is 1. The Labute approximate surface area is 160 Å². The molecule has 0 heterocycles. The van der Waals surface area contributed by atoms with Crippen molar-refractivity contribution in [3.63, 3.8) is 0 Å². The lowest BCUT2D eigenvalue weighted by Gasteiger charge is -2.31. The van der Waals surface area contributed by atoms with Crippen LogP contribution in [0.25, 0.3) is 0 Å². The normalized spacial score (nSPS) is 18.9. The highest BCUT2D eigenvalue weighted by Crippen LogP contribution is 2.30. The Bertz CT molecular complexity index is 477. The maximum absolute atomic E-state index is 12.3. The van der Waals surface area contributed by atoms with Gasteiger partial charge in [0.15, 0.2) is 0 Å². The average Bonchev–Trinajstić information content (AvgIpc) is 2.66. The van der Waals surface area contributed by atoms with Crippen molar-refractivity contribution >= 4 is 34.7 Å². The van der Waals surface area contributed by atoms with Gasteiger partial charge in [-0.3, -0.25) is 24.1 Å². The van der Waals surface area contributed by atoms with E-state index in [1.165, 1.54) is 4.90 Å². The smallest absolute Gasteiger partial charge is 0.288 e. The Kier molecular flexibility index (Phi) is 12.8. The number of amides is 4. The number of imide groups is 1. The van der Waals surface area contributed by atoms with Crippen LogP contribution in [0.15, 0.2) is 0 Å². The third-order valence-corrected chi connectivity index (χ3v) is 5.18. The second-order valence-electron chi connectivity index (χ2n) is 6.02. The van der Waals surface area contributed by atoms with Gasteiger partial charge in [0.25, 0.3) is 5.24 Å². The van der Waals surface area contributed by atoms with E-state index < -0.39 is 5.91 Å². The molecule has 3 N–H and O–H groups in total. The van der Waals surface area contributed by atoms with Crippen LogP contribution in [0.3, 0.4) is 0 Å². The predicted molar refractivity (Wildman–Crippen MR) is 105 cm³/mol. The summed E-state index contributed by atoms with van der Waals surface area (Å²) in [5.41, 5.74) is 5.06. The number of hydrogen-bond acceptors (Lipinski definition) is 5. The first kappa shape index (κ1) is 24.4. The lowest BCUT2D eigenvalue weighted by atomic mass is 9.81. The summed E-state index contributed by atoms with van der Waals surface area (Å²) in [6.07, 6.45) is 3.58. The molecule has 1 fully saturated rings. The fraction of sp³-hybridized carbons (Fsp3) is 0.778. The van der Waals surface area contributed by atoms with Crippen molar-refractivity contribution in [2.75, 3.05) is 19.3 Å². The highest BCUT2D eigenvalue weighted by atomic mass is 32.2. The second kappa shape index (κ2) is 13.6. The topological polar surface area (TPSA) is 110 Å². The SMILES string of the molecule is CC.CCC(=O)N(CC1CCC(C(=O)NC)CC1)C(=O)SCCC(N)=O. The van der Waals surface area contributed by atoms with Crippen LogP contribution in [0, 0.1) is 11.8 Å². The monoisotopic (exact) mass is 387 g/mol. The minimum Gasteiger partial charge on any atom is -0.370 e. The summed E-state index contributed by atoms with van der Waals surface area (Å²) in [5.74, 6) is -0.0704. The van der Waals surface area contributed by atoms with Gasteiger partial charge in [-0.05, 0) is 31.6 Å². The minimum absolute atomic E-state index is 0.0298. The molecule has 7 nitrogen and oxygen atoms in total. The van der Waals surface area contributed by atoms with E-state index in [2.05, 4.69) is 5.32 Å². The van der Waals surface area contributed by atoms with Crippen molar-refractivity contribution in [2.24, 2.45) is 17.6 Å². The highest BCUT2D eigenvalue weighted by molar-refractivity contribution is 8.13. The van der Waals surface area contributed by atoms with E-state index in [-0.39, 0.29) is 47.5 Å². The van der Waals surface area contributed by atoms with Crippen molar-refractivity contribution in [2.45, 2.75) is 59.3 Å². The van der Waals surface area contributed by atoms with Crippen LogP contribution in [0.2, 0.25) is 0 Å². The van der Waals surface area contributed by atoms with Crippen LogP contribution in [0.5, 0.6) is 0 Å². The van der Waals surface area contributed by atoms with Gasteiger partial charge in [0.1, 0.15) is 0 Å². The summed E-state index contributed by atoms with van der Waals surface area (Å²) in [6.45, 7) is 6.11. The summed E-state index contributed by atoms with van der Waals surface area (Å²) >= 11 is 0.955. The molecule has 0 radical (unpaired) electrons. The molecular formula is C18H33N3O4S. The van der Waals surface area contributed by atoms with Crippen LogP contribution in [-0.4, -0.2) is 47.2 Å². The molecule has 1 aliphatic carbocycles. The fourth-order valence-corrected chi connectivity index (χ4v) is 3.67. The van der Waals surface area contributed by atoms with Crippen LogP contribution >= 0.6 is 11.8 Å². The molecule has 0 unspecified atom stereocenters. The van der Waals surface area contributed by atoms with E-state index in [9.17, 15) is 19.2 Å². The molecule has 0 aromatic carbocycles. The molecule has 0 spiro atoms. The molecule has 0 atom stereocenters. The molecule has 0 aromatic heterocycles. The van der Waals surface area contributed by atoms with E-state index in [0.29, 0.717) is 6.54 Å². The number of carbonyl (C=O) groups excluding carboxylic acids is 4. The van der Waals surface area contributed by atoms with Crippen LogP contribution in [0.4, 0.5) is 4.79 Å². The zero-order valence-electron chi connectivity index (χ0n) is 16.4. The molecule has 4 amide bonds. The van der Waals surface area contributed by atoms with Gasteiger partial charge in [-0.25, -0.2) is 0 Å². The number of carbonyl (C=O) groups is 4. The van der Waals surface area contributed by atoms with Crippen molar-refractivity contribution in [3.8, 4) is 0 Å². The number of nitrogens with one attached hydrogen (secondary N) is 1. The minimum atomic E-state index is -0.462. The van der Waals surface area contributed by atoms with Gasteiger partial charge in [-0.2, -0.15) is 0 Å². The summed E-state index contributed by atoms with van der Waals surface area (Å²) in [4.78, 5) is 48.1. The molecule has 0 aliphatic heterocycles. The quantitative estimate of drug-likeness (QED) is 0.697. The maximum atomic E-state index is 12.3. The number of thioether (sulfide) groups is 1. The first-order valence-corrected chi connectivity index (χ1v) is 10.3. The summed E-state index contributed by atoms with van der Waals surface area (Å²) in [5, 5.41) is 2.35. The molecular weight excluding hydrogens is 354 g/mol. The highest BCUT2D eigenvalue weighted by Gasteiger charge is 2.29. The number of nitrogens with two attached hydrogens (primary N) is 1. The van der Waals surface area contributed by atoms with E-state index in [1.54, 1.807) is 14.0 Å². The third-order valence-electron chi connectivity index (χ3n) is 4.30. The number of rotatable bonds is 7. The zero-order chi connectivity index (χ0) is 20.1. The Balaban J connectivity index is 0.00000301. The van der Waals surface area contributed by atoms with Crippen LogP contribution in [0.1, 0.15) is 59.3 Å². The first-order chi connectivity index (χ1) is 12.4. The van der Waals surface area contributed by atoms with Crippen molar-refractivity contribution in [1.29, 1.82) is 0 Å². The molecule has 0 saturated heterocycles. The van der Waals surface area contributed by atoms with Gasteiger partial charge >= 0.3 is 0 Å². The Hall–Kier alpha value is -1.57. The van der Waals surface area contributed by atoms with Crippen molar-refractivity contribution < 1.29 is 19.2 Å². The molecule has 0 aromatic rings. The molecule has 1 rings (SSSR count). The summed E-state index contributed by atoms with van der Waals surface area (Å²) < 4.78 is 0. The average molecular weight is 388 g/mol. The van der Waals surface area contributed by atoms with Gasteiger partial charge in [0, 0.05) is 38.1 Å². The van der Waals surface area contributed by atoms with Gasteiger partial charge < -0.3 is 11.1 Å². The molecule has 26 heavy (non-hydrogen) atoms. The summed E-state index contributed by atoms with van der Waals surface area (Å²) in [6, 6.07) is 0. The zero-order valence-corrected chi connectivity index (χ0v) is 17.2. The van der Waals surface area contributed by atoms with E-state index in [0.717, 1.165) is 37.4 Å². The number of nitrogens with zero attached hydrogens (tertiary/aromatic N) is 1. The molecule has 150 valence electrons. The largest absolute Gasteiger partial charge is 0.370 e. The molecule has 1 saturated carbocycles.